The van der Waals surface area contributed by atoms with Crippen molar-refractivity contribution in [2.24, 2.45) is 0 Å². The van der Waals surface area contributed by atoms with Gasteiger partial charge in [-0.1, -0.05) is 0 Å². The largest absolute Gasteiger partial charge is 0.465 e. The van der Waals surface area contributed by atoms with Crippen LogP contribution < -0.4 is 5.56 Å². The minimum Gasteiger partial charge on any atom is -0.465 e. The first-order chi connectivity index (χ1) is 6.65. The van der Waals surface area contributed by atoms with Crippen molar-refractivity contribution in [1.29, 1.82) is 0 Å². The molecule has 0 amide bonds. The van der Waals surface area contributed by atoms with E-state index in [2.05, 4.69) is 4.98 Å². The SMILES string of the molecule is CCOC(=O)Cn1cncc(I)c1=O. The Kier molecular flexibility index (Phi) is 4.05. The van der Waals surface area contributed by atoms with Crippen LogP contribution in [0.4, 0.5) is 0 Å². The summed E-state index contributed by atoms with van der Waals surface area (Å²) < 4.78 is 6.41. The fourth-order valence-electron chi connectivity index (χ4n) is 0.882. The van der Waals surface area contributed by atoms with Crippen molar-refractivity contribution < 1.29 is 9.53 Å². The molecule has 1 aromatic rings. The summed E-state index contributed by atoms with van der Waals surface area (Å²) in [5.74, 6) is -0.432. The topological polar surface area (TPSA) is 61.2 Å². The number of rotatable bonds is 3. The Labute approximate surface area is 94.2 Å². The third-order valence-corrected chi connectivity index (χ3v) is 2.20. The summed E-state index contributed by atoms with van der Waals surface area (Å²) in [4.78, 5) is 26.3. The van der Waals surface area contributed by atoms with Crippen molar-refractivity contribution in [2.75, 3.05) is 6.61 Å². The Morgan fingerprint density at radius 3 is 3.07 bits per heavy atom. The molecule has 0 aromatic carbocycles. The van der Waals surface area contributed by atoms with Gasteiger partial charge in [-0.3, -0.25) is 14.2 Å². The van der Waals surface area contributed by atoms with E-state index in [-0.39, 0.29) is 12.1 Å². The Morgan fingerprint density at radius 2 is 2.43 bits per heavy atom. The predicted octanol–water partition coefficient (Wildman–Crippen LogP) is 0.411. The van der Waals surface area contributed by atoms with Crippen LogP contribution >= 0.6 is 22.6 Å². The van der Waals surface area contributed by atoms with Crippen LogP contribution in [0.2, 0.25) is 0 Å². The van der Waals surface area contributed by atoms with Crippen LogP contribution in [0.15, 0.2) is 17.3 Å². The van der Waals surface area contributed by atoms with Gasteiger partial charge in [0.15, 0.2) is 0 Å². The molecular formula is C8H9IN2O3. The molecule has 0 fully saturated rings. The Morgan fingerprint density at radius 1 is 1.71 bits per heavy atom. The summed E-state index contributed by atoms with van der Waals surface area (Å²) in [6.45, 7) is 1.94. The first-order valence-electron chi connectivity index (χ1n) is 4.00. The molecule has 14 heavy (non-hydrogen) atoms. The number of carbonyl (C=O) groups is 1. The normalized spacial score (nSPS) is 9.86. The number of carbonyl (C=O) groups excluding carboxylic acids is 1. The van der Waals surface area contributed by atoms with Crippen molar-refractivity contribution in [3.63, 3.8) is 0 Å². The van der Waals surface area contributed by atoms with Gasteiger partial charge in [-0.2, -0.15) is 0 Å². The van der Waals surface area contributed by atoms with Gasteiger partial charge in [0.2, 0.25) is 0 Å². The molecule has 0 aliphatic rings. The lowest BCUT2D eigenvalue weighted by Gasteiger charge is -2.04. The van der Waals surface area contributed by atoms with Gasteiger partial charge in [0.25, 0.3) is 5.56 Å². The molecule has 0 saturated carbocycles. The van der Waals surface area contributed by atoms with E-state index >= 15 is 0 Å². The van der Waals surface area contributed by atoms with Crippen molar-refractivity contribution >= 4 is 28.6 Å². The van der Waals surface area contributed by atoms with E-state index in [0.717, 1.165) is 0 Å². The Hall–Kier alpha value is -0.920. The fourth-order valence-corrected chi connectivity index (χ4v) is 1.35. The molecule has 1 rings (SSSR count). The van der Waals surface area contributed by atoms with E-state index in [1.807, 2.05) is 22.6 Å². The number of hydrogen-bond acceptors (Lipinski definition) is 4. The molecule has 0 radical (unpaired) electrons. The molecular weight excluding hydrogens is 299 g/mol. The summed E-state index contributed by atoms with van der Waals surface area (Å²) >= 11 is 1.87. The lowest BCUT2D eigenvalue weighted by atomic mass is 10.5. The minimum atomic E-state index is -0.432. The lowest BCUT2D eigenvalue weighted by Crippen LogP contribution is -2.27. The van der Waals surface area contributed by atoms with Crippen LogP contribution in [-0.2, 0) is 16.1 Å². The molecule has 76 valence electrons. The van der Waals surface area contributed by atoms with Crippen molar-refractivity contribution in [3.05, 3.63) is 26.4 Å². The Balaban J connectivity index is 2.82. The van der Waals surface area contributed by atoms with E-state index < -0.39 is 5.97 Å². The number of hydrogen-bond donors (Lipinski definition) is 0. The molecule has 1 aromatic heterocycles. The van der Waals surface area contributed by atoms with Crippen LogP contribution in [0.1, 0.15) is 6.92 Å². The van der Waals surface area contributed by atoms with Crippen LogP contribution in [-0.4, -0.2) is 22.1 Å². The molecule has 0 atom stereocenters. The highest BCUT2D eigenvalue weighted by atomic mass is 127. The molecule has 0 spiro atoms. The maximum Gasteiger partial charge on any atom is 0.326 e. The van der Waals surface area contributed by atoms with Crippen molar-refractivity contribution in [2.45, 2.75) is 13.5 Å². The summed E-state index contributed by atoms with van der Waals surface area (Å²) in [6.07, 6.45) is 2.77. The van der Waals surface area contributed by atoms with Crippen LogP contribution in [0, 0.1) is 3.57 Å². The maximum absolute atomic E-state index is 11.4. The van der Waals surface area contributed by atoms with Gasteiger partial charge in [-0.15, -0.1) is 0 Å². The van der Waals surface area contributed by atoms with Gasteiger partial charge in [0.05, 0.1) is 16.5 Å². The zero-order valence-electron chi connectivity index (χ0n) is 7.57. The maximum atomic E-state index is 11.4. The van der Waals surface area contributed by atoms with Crippen LogP contribution in [0.25, 0.3) is 0 Å². The van der Waals surface area contributed by atoms with Gasteiger partial charge < -0.3 is 4.74 Å². The first kappa shape index (κ1) is 11.2. The van der Waals surface area contributed by atoms with Gasteiger partial charge in [-0.25, -0.2) is 4.98 Å². The van der Waals surface area contributed by atoms with E-state index in [1.54, 1.807) is 6.92 Å². The number of halogens is 1. The van der Waals surface area contributed by atoms with Gasteiger partial charge >= 0.3 is 5.97 Å². The second-order valence-corrected chi connectivity index (χ2v) is 3.64. The minimum absolute atomic E-state index is 0.0868. The quantitative estimate of drug-likeness (QED) is 0.599. The summed E-state index contributed by atoms with van der Waals surface area (Å²) in [7, 11) is 0. The second-order valence-electron chi connectivity index (χ2n) is 2.48. The molecule has 1 heterocycles. The van der Waals surface area contributed by atoms with Crippen LogP contribution in [0.5, 0.6) is 0 Å². The number of nitrogens with zero attached hydrogens (tertiary/aromatic N) is 2. The highest BCUT2D eigenvalue weighted by Crippen LogP contribution is 1.93. The fraction of sp³-hybridized carbons (Fsp3) is 0.375. The van der Waals surface area contributed by atoms with E-state index in [1.165, 1.54) is 17.1 Å². The molecule has 0 aliphatic carbocycles. The zero-order valence-corrected chi connectivity index (χ0v) is 9.72. The lowest BCUT2D eigenvalue weighted by molar-refractivity contribution is -0.143. The standard InChI is InChI=1S/C8H9IN2O3/c1-2-14-7(12)4-11-5-10-3-6(9)8(11)13/h3,5H,2,4H2,1H3. The monoisotopic (exact) mass is 308 g/mol. The second kappa shape index (κ2) is 5.08. The summed E-state index contributed by atoms with van der Waals surface area (Å²) in [5.41, 5.74) is -0.228. The average molecular weight is 308 g/mol. The summed E-state index contributed by atoms with van der Waals surface area (Å²) in [5, 5.41) is 0. The molecule has 0 N–H and O–H groups in total. The van der Waals surface area contributed by atoms with Gasteiger partial charge in [0.1, 0.15) is 6.54 Å². The van der Waals surface area contributed by atoms with Crippen LogP contribution in [0.3, 0.4) is 0 Å². The predicted molar refractivity (Wildman–Crippen MR) is 57.8 cm³/mol. The number of aromatic nitrogens is 2. The molecule has 0 unspecified atom stereocenters. The van der Waals surface area contributed by atoms with E-state index in [4.69, 9.17) is 4.74 Å². The van der Waals surface area contributed by atoms with E-state index in [0.29, 0.717) is 10.2 Å². The molecule has 0 saturated heterocycles. The number of ether oxygens (including phenoxy) is 1. The Bertz CT molecular complexity index is 388. The van der Waals surface area contributed by atoms with Crippen molar-refractivity contribution in [3.8, 4) is 0 Å². The van der Waals surface area contributed by atoms with E-state index in [9.17, 15) is 9.59 Å². The first-order valence-corrected chi connectivity index (χ1v) is 5.08. The third kappa shape index (κ3) is 2.79. The highest BCUT2D eigenvalue weighted by molar-refractivity contribution is 14.1. The molecule has 6 heteroatoms. The third-order valence-electron chi connectivity index (χ3n) is 1.46. The smallest absolute Gasteiger partial charge is 0.326 e. The zero-order chi connectivity index (χ0) is 10.6. The number of esters is 1. The summed E-state index contributed by atoms with van der Waals surface area (Å²) in [6, 6.07) is 0. The van der Waals surface area contributed by atoms with Crippen molar-refractivity contribution in [1.82, 2.24) is 9.55 Å². The highest BCUT2D eigenvalue weighted by Gasteiger charge is 2.06. The molecule has 0 bridgehead atoms. The average Bonchev–Trinajstić information content (AvgIpc) is 2.13. The van der Waals surface area contributed by atoms with Gasteiger partial charge in [-0.05, 0) is 29.5 Å². The molecule has 5 nitrogen and oxygen atoms in total. The molecule has 0 aliphatic heterocycles. The van der Waals surface area contributed by atoms with Gasteiger partial charge in [0, 0.05) is 6.20 Å².